The molecule has 164 valence electrons. The second kappa shape index (κ2) is 11.3. The Balaban J connectivity index is 1.45. The van der Waals surface area contributed by atoms with Gasteiger partial charge < -0.3 is 20.1 Å². The summed E-state index contributed by atoms with van der Waals surface area (Å²) in [6.45, 7) is 3.76. The van der Waals surface area contributed by atoms with Gasteiger partial charge in [-0.3, -0.25) is 9.59 Å². The predicted octanol–water partition coefficient (Wildman–Crippen LogP) is 3.62. The van der Waals surface area contributed by atoms with E-state index < -0.39 is 5.97 Å². The molecule has 2 aliphatic heterocycles. The van der Waals surface area contributed by atoms with Crippen LogP contribution < -0.4 is 10.2 Å². The molecule has 2 N–H and O–H groups in total. The van der Waals surface area contributed by atoms with Gasteiger partial charge >= 0.3 is 5.97 Å². The van der Waals surface area contributed by atoms with E-state index in [1.54, 1.807) is 0 Å². The number of amides is 1. The minimum atomic E-state index is -0.737. The van der Waals surface area contributed by atoms with Crippen LogP contribution in [0.1, 0.15) is 45.4 Å². The number of unbranched alkanes of at least 4 members (excludes halogenated alkanes) is 1. The number of nitrogens with zero attached hydrogens (tertiary/aromatic N) is 1. The van der Waals surface area contributed by atoms with Crippen molar-refractivity contribution in [2.24, 2.45) is 11.8 Å². The third-order valence-electron chi connectivity index (χ3n) is 6.27. The third-order valence-corrected chi connectivity index (χ3v) is 6.27. The first-order valence-corrected chi connectivity index (χ1v) is 11.2. The lowest BCUT2D eigenvalue weighted by Crippen LogP contribution is -2.42. The van der Waals surface area contributed by atoms with Gasteiger partial charge in [0, 0.05) is 31.1 Å². The van der Waals surface area contributed by atoms with Crippen molar-refractivity contribution < 1.29 is 19.4 Å². The molecule has 0 aromatic heterocycles. The molecule has 2 fully saturated rings. The largest absolute Gasteiger partial charge is 0.481 e. The lowest BCUT2D eigenvalue weighted by atomic mass is 9.77. The Morgan fingerprint density at radius 3 is 2.60 bits per heavy atom. The Hall–Kier alpha value is -2.18. The van der Waals surface area contributed by atoms with Crippen molar-refractivity contribution in [3.8, 4) is 0 Å². The maximum absolute atomic E-state index is 12.7. The van der Waals surface area contributed by atoms with E-state index in [0.717, 1.165) is 37.9 Å². The highest BCUT2D eigenvalue weighted by Gasteiger charge is 2.47. The molecule has 1 amide bonds. The zero-order valence-electron chi connectivity index (χ0n) is 17.8. The van der Waals surface area contributed by atoms with Gasteiger partial charge in [-0.05, 0) is 57.1 Å². The number of hydrogen-bond donors (Lipinski definition) is 2. The Labute approximate surface area is 179 Å². The Kier molecular flexibility index (Phi) is 8.46. The minimum absolute atomic E-state index is 0.0858. The first-order chi connectivity index (χ1) is 14.6. The normalized spacial score (nSPS) is 25.1. The maximum atomic E-state index is 12.7. The van der Waals surface area contributed by atoms with Gasteiger partial charge in [-0.1, -0.05) is 30.4 Å². The first-order valence-electron chi connectivity index (χ1n) is 11.2. The lowest BCUT2D eigenvalue weighted by molar-refractivity contribution is -0.137. The molecule has 2 bridgehead atoms. The standard InChI is InChI=1S/C24H34N2O4/c1-2-26(18-10-6-5-7-11-18)23(27)17-25-16-20-19(21-14-15-22(20)30-21)12-8-3-4-9-13-24(28)29/h3,5-8,10-11,19-22,25H,2,4,9,12-17H2,1H3,(H,28,29)/t19-,20+,21-,22+/m1/s1. The number of ether oxygens (including phenoxy) is 1. The van der Waals surface area contributed by atoms with E-state index in [-0.39, 0.29) is 12.3 Å². The molecule has 0 unspecified atom stereocenters. The predicted molar refractivity (Wildman–Crippen MR) is 117 cm³/mol. The smallest absolute Gasteiger partial charge is 0.303 e. The summed E-state index contributed by atoms with van der Waals surface area (Å²) in [5.41, 5.74) is 0.931. The van der Waals surface area contributed by atoms with Crippen LogP contribution in [0.25, 0.3) is 0 Å². The van der Waals surface area contributed by atoms with E-state index in [2.05, 4.69) is 17.5 Å². The molecular weight excluding hydrogens is 380 g/mol. The summed E-state index contributed by atoms with van der Waals surface area (Å²) < 4.78 is 6.16. The Morgan fingerprint density at radius 1 is 1.17 bits per heavy atom. The molecule has 2 saturated heterocycles. The zero-order chi connectivity index (χ0) is 21.3. The SMILES string of the molecule is CCN(C(=O)CNC[C@H]1[C@@H](CC=CCCCC(=O)O)[C@H]2CC[C@@H]1O2)c1ccccc1. The number of likely N-dealkylation sites (N-methyl/N-ethyl adjacent to an activating group) is 1. The number of fused-ring (bicyclic) bond motifs is 2. The summed E-state index contributed by atoms with van der Waals surface area (Å²) in [6.07, 6.45) is 9.78. The van der Waals surface area contributed by atoms with Crippen LogP contribution in [0.4, 0.5) is 5.69 Å². The van der Waals surface area contributed by atoms with Crippen molar-refractivity contribution in [1.82, 2.24) is 5.32 Å². The number of nitrogens with one attached hydrogen (secondary N) is 1. The van der Waals surface area contributed by atoms with Gasteiger partial charge in [0.15, 0.2) is 0 Å². The molecule has 0 aliphatic carbocycles. The van der Waals surface area contributed by atoms with Crippen LogP contribution in [0.5, 0.6) is 0 Å². The summed E-state index contributed by atoms with van der Waals surface area (Å²) in [4.78, 5) is 25.1. The van der Waals surface area contributed by atoms with Crippen molar-refractivity contribution in [1.29, 1.82) is 0 Å². The van der Waals surface area contributed by atoms with Crippen molar-refractivity contribution in [3.05, 3.63) is 42.5 Å². The molecular formula is C24H34N2O4. The summed E-state index contributed by atoms with van der Waals surface area (Å²) >= 11 is 0. The highest BCUT2D eigenvalue weighted by atomic mass is 16.5. The molecule has 2 heterocycles. The molecule has 6 nitrogen and oxygen atoms in total. The van der Waals surface area contributed by atoms with E-state index in [9.17, 15) is 9.59 Å². The fourth-order valence-corrected chi connectivity index (χ4v) is 4.77. The number of carboxylic acids is 1. The number of carbonyl (C=O) groups excluding carboxylic acids is 1. The molecule has 30 heavy (non-hydrogen) atoms. The van der Waals surface area contributed by atoms with Crippen molar-refractivity contribution in [2.45, 2.75) is 57.7 Å². The number of hydrogen-bond acceptors (Lipinski definition) is 4. The highest BCUT2D eigenvalue weighted by Crippen LogP contribution is 2.44. The van der Waals surface area contributed by atoms with Gasteiger partial charge in [0.1, 0.15) is 0 Å². The van der Waals surface area contributed by atoms with E-state index >= 15 is 0 Å². The summed E-state index contributed by atoms with van der Waals surface area (Å²) in [7, 11) is 0. The highest BCUT2D eigenvalue weighted by molar-refractivity contribution is 5.94. The number of benzene rings is 1. The van der Waals surface area contributed by atoms with Gasteiger partial charge in [-0.25, -0.2) is 0 Å². The van der Waals surface area contributed by atoms with Crippen molar-refractivity contribution >= 4 is 17.6 Å². The van der Waals surface area contributed by atoms with Gasteiger partial charge in [0.05, 0.1) is 18.8 Å². The molecule has 0 radical (unpaired) electrons. The van der Waals surface area contributed by atoms with Gasteiger partial charge in [-0.15, -0.1) is 0 Å². The lowest BCUT2D eigenvalue weighted by Gasteiger charge is -2.28. The average molecular weight is 415 g/mol. The zero-order valence-corrected chi connectivity index (χ0v) is 17.8. The quantitative estimate of drug-likeness (QED) is 0.403. The number of anilines is 1. The van der Waals surface area contributed by atoms with Crippen LogP contribution in [0.3, 0.4) is 0 Å². The third kappa shape index (κ3) is 5.92. The van der Waals surface area contributed by atoms with E-state index in [1.165, 1.54) is 0 Å². The number of carboxylic acid groups (broad SMARTS) is 1. The molecule has 0 saturated carbocycles. The second-order valence-electron chi connectivity index (χ2n) is 8.22. The first kappa shape index (κ1) is 22.5. The summed E-state index contributed by atoms with van der Waals surface area (Å²) in [5.74, 6) is 0.243. The molecule has 2 aliphatic rings. The fraction of sp³-hybridized carbons (Fsp3) is 0.583. The van der Waals surface area contributed by atoms with Gasteiger partial charge in [0.2, 0.25) is 5.91 Å². The number of para-hydroxylation sites is 1. The average Bonchev–Trinajstić information content (AvgIpc) is 3.34. The monoisotopic (exact) mass is 414 g/mol. The molecule has 1 aromatic carbocycles. The summed E-state index contributed by atoms with van der Waals surface area (Å²) in [6, 6.07) is 9.78. The van der Waals surface area contributed by atoms with Crippen LogP contribution in [-0.4, -0.2) is 48.8 Å². The van der Waals surface area contributed by atoms with Crippen molar-refractivity contribution in [3.63, 3.8) is 0 Å². The van der Waals surface area contributed by atoms with E-state index in [1.807, 2.05) is 42.2 Å². The number of rotatable bonds is 12. The Bertz CT molecular complexity index is 721. The summed E-state index contributed by atoms with van der Waals surface area (Å²) in [5, 5.41) is 12.1. The van der Waals surface area contributed by atoms with Crippen LogP contribution >= 0.6 is 0 Å². The number of carbonyl (C=O) groups is 2. The van der Waals surface area contributed by atoms with Crippen LogP contribution in [-0.2, 0) is 14.3 Å². The molecule has 1 aromatic rings. The molecule has 4 atom stereocenters. The van der Waals surface area contributed by atoms with Crippen LogP contribution in [0, 0.1) is 11.8 Å². The topological polar surface area (TPSA) is 78.9 Å². The second-order valence-corrected chi connectivity index (χ2v) is 8.22. The minimum Gasteiger partial charge on any atom is -0.481 e. The molecule has 3 rings (SSSR count). The number of allylic oxidation sites excluding steroid dienone is 2. The fourth-order valence-electron chi connectivity index (χ4n) is 4.77. The van der Waals surface area contributed by atoms with Crippen LogP contribution in [0.15, 0.2) is 42.5 Å². The van der Waals surface area contributed by atoms with Crippen LogP contribution in [0.2, 0.25) is 0 Å². The Morgan fingerprint density at radius 2 is 1.90 bits per heavy atom. The number of aliphatic carboxylic acids is 1. The maximum Gasteiger partial charge on any atom is 0.303 e. The van der Waals surface area contributed by atoms with Crippen molar-refractivity contribution in [2.75, 3.05) is 24.5 Å². The molecule has 6 heteroatoms. The van der Waals surface area contributed by atoms with E-state index in [0.29, 0.717) is 43.6 Å². The van der Waals surface area contributed by atoms with Gasteiger partial charge in [-0.2, -0.15) is 0 Å². The van der Waals surface area contributed by atoms with E-state index in [4.69, 9.17) is 9.84 Å². The van der Waals surface area contributed by atoms with Gasteiger partial charge in [0.25, 0.3) is 0 Å². The molecule has 0 spiro atoms.